The smallest absolute Gasteiger partial charge is 0.244 e. The monoisotopic (exact) mass is 419 g/mol. The summed E-state index contributed by atoms with van der Waals surface area (Å²) in [7, 11) is -0.173. The van der Waals surface area contributed by atoms with E-state index in [0.29, 0.717) is 12.3 Å². The number of hydrogen-bond acceptors (Lipinski definition) is 4. The van der Waals surface area contributed by atoms with E-state index in [1.54, 1.807) is 12.1 Å². The van der Waals surface area contributed by atoms with Crippen LogP contribution in [0.2, 0.25) is 0 Å². The van der Waals surface area contributed by atoms with Gasteiger partial charge in [0.15, 0.2) is 0 Å². The van der Waals surface area contributed by atoms with Gasteiger partial charge in [0.1, 0.15) is 10.6 Å². The highest BCUT2D eigenvalue weighted by molar-refractivity contribution is 7.89. The van der Waals surface area contributed by atoms with Crippen molar-refractivity contribution in [3.63, 3.8) is 0 Å². The maximum absolute atomic E-state index is 13.2. The van der Waals surface area contributed by atoms with Crippen LogP contribution < -0.4 is 9.46 Å². The van der Waals surface area contributed by atoms with Gasteiger partial charge in [-0.05, 0) is 62.2 Å². The maximum Gasteiger partial charge on any atom is 0.244 e. The Labute approximate surface area is 174 Å². The number of rotatable bonds is 8. The Morgan fingerprint density at radius 1 is 1.14 bits per heavy atom. The first-order valence-corrected chi connectivity index (χ1v) is 12.0. The molecule has 7 heteroatoms. The molecule has 1 unspecified atom stereocenters. The molecule has 0 aliphatic carbocycles. The Hall–Kier alpha value is -1.83. The minimum atomic E-state index is -3.69. The molecule has 0 spiro atoms. The number of ether oxygens (including phenoxy) is 1. The van der Waals surface area contributed by atoms with Crippen molar-refractivity contribution in [1.82, 2.24) is 14.2 Å². The first-order chi connectivity index (χ1) is 14.0. The van der Waals surface area contributed by atoms with E-state index in [9.17, 15) is 8.42 Å². The lowest BCUT2D eigenvalue weighted by molar-refractivity contribution is 0.199. The van der Waals surface area contributed by atoms with E-state index in [1.807, 2.05) is 32.3 Å². The molecule has 1 saturated heterocycles. The standard InChI is InChI=1S/C22H33N3O3S/c1-4-18-11-12-21(28-3)22(16-18)29(26,27)23-17-20(19-10-9-13-24(19)2)25-14-7-5-6-8-15-25/h9-13,16,20,23H,4-8,14-15,17H2,1-3H3. The molecule has 0 radical (unpaired) electrons. The topological polar surface area (TPSA) is 63.6 Å². The van der Waals surface area contributed by atoms with E-state index in [1.165, 1.54) is 20.0 Å². The van der Waals surface area contributed by atoms with E-state index < -0.39 is 10.0 Å². The third-order valence-electron chi connectivity index (χ3n) is 5.80. The SMILES string of the molecule is CCc1ccc(OC)c(S(=O)(=O)NCC(c2cccn2C)N2CCCCCC2)c1. The van der Waals surface area contributed by atoms with Gasteiger partial charge in [-0.3, -0.25) is 4.90 Å². The van der Waals surface area contributed by atoms with E-state index >= 15 is 0 Å². The Balaban J connectivity index is 1.86. The normalized spacial score (nSPS) is 17.1. The molecule has 3 rings (SSSR count). The van der Waals surface area contributed by atoms with Crippen LogP contribution in [0.5, 0.6) is 5.75 Å². The molecule has 1 fully saturated rings. The molecule has 0 amide bonds. The Kier molecular flexibility index (Phi) is 7.38. The predicted molar refractivity (Wildman–Crippen MR) is 116 cm³/mol. The molecule has 1 aromatic heterocycles. The highest BCUT2D eigenvalue weighted by Crippen LogP contribution is 2.27. The molecule has 1 aliphatic rings. The van der Waals surface area contributed by atoms with Crippen molar-refractivity contribution in [3.8, 4) is 5.75 Å². The molecular formula is C22H33N3O3S. The van der Waals surface area contributed by atoms with Crippen LogP contribution in [0.15, 0.2) is 41.4 Å². The largest absolute Gasteiger partial charge is 0.495 e. The number of likely N-dealkylation sites (tertiary alicyclic amines) is 1. The summed E-state index contributed by atoms with van der Waals surface area (Å²) in [6.45, 7) is 4.33. The second kappa shape index (κ2) is 9.78. The zero-order chi connectivity index (χ0) is 20.9. The van der Waals surface area contributed by atoms with Gasteiger partial charge in [-0.15, -0.1) is 0 Å². The summed E-state index contributed by atoms with van der Waals surface area (Å²) in [5.74, 6) is 0.375. The van der Waals surface area contributed by atoms with Crippen molar-refractivity contribution in [2.24, 2.45) is 7.05 Å². The molecule has 29 heavy (non-hydrogen) atoms. The third-order valence-corrected chi connectivity index (χ3v) is 7.24. The van der Waals surface area contributed by atoms with Gasteiger partial charge in [0.05, 0.1) is 13.2 Å². The fourth-order valence-electron chi connectivity index (χ4n) is 4.07. The van der Waals surface area contributed by atoms with Gasteiger partial charge in [0, 0.05) is 25.5 Å². The number of benzene rings is 1. The van der Waals surface area contributed by atoms with Gasteiger partial charge in [-0.25, -0.2) is 13.1 Å². The highest BCUT2D eigenvalue weighted by Gasteiger charge is 2.27. The van der Waals surface area contributed by atoms with Crippen molar-refractivity contribution in [2.45, 2.75) is 50.0 Å². The molecule has 1 aromatic carbocycles. The number of aromatic nitrogens is 1. The quantitative estimate of drug-likeness (QED) is 0.711. The van der Waals surface area contributed by atoms with Crippen LogP contribution in [0, 0.1) is 0 Å². The molecule has 160 valence electrons. The fraction of sp³-hybridized carbons (Fsp3) is 0.545. The van der Waals surface area contributed by atoms with Crippen molar-refractivity contribution in [3.05, 3.63) is 47.8 Å². The lowest BCUT2D eigenvalue weighted by Crippen LogP contribution is -2.39. The van der Waals surface area contributed by atoms with E-state index in [-0.39, 0.29) is 10.9 Å². The molecule has 1 atom stereocenters. The van der Waals surface area contributed by atoms with Gasteiger partial charge in [0.2, 0.25) is 10.0 Å². The van der Waals surface area contributed by atoms with Crippen LogP contribution >= 0.6 is 0 Å². The third kappa shape index (κ3) is 5.21. The Bertz CT molecular complexity index is 900. The summed E-state index contributed by atoms with van der Waals surface area (Å²) < 4.78 is 36.6. The second-order valence-corrected chi connectivity index (χ2v) is 9.44. The van der Waals surface area contributed by atoms with Gasteiger partial charge in [-0.2, -0.15) is 0 Å². The lowest BCUT2D eigenvalue weighted by Gasteiger charge is -2.31. The highest BCUT2D eigenvalue weighted by atomic mass is 32.2. The van der Waals surface area contributed by atoms with Crippen LogP contribution in [0.3, 0.4) is 0 Å². The first kappa shape index (κ1) is 21.9. The van der Waals surface area contributed by atoms with Crippen molar-refractivity contribution < 1.29 is 13.2 Å². The number of methoxy groups -OCH3 is 1. The zero-order valence-corrected chi connectivity index (χ0v) is 18.5. The number of hydrogen-bond donors (Lipinski definition) is 1. The van der Waals surface area contributed by atoms with Gasteiger partial charge < -0.3 is 9.30 Å². The molecule has 1 aliphatic heterocycles. The van der Waals surface area contributed by atoms with E-state index in [4.69, 9.17) is 4.74 Å². The summed E-state index contributed by atoms with van der Waals surface area (Å²) in [6, 6.07) is 9.46. The summed E-state index contributed by atoms with van der Waals surface area (Å²) in [4.78, 5) is 2.63. The van der Waals surface area contributed by atoms with Gasteiger partial charge in [0.25, 0.3) is 0 Å². The maximum atomic E-state index is 13.2. The zero-order valence-electron chi connectivity index (χ0n) is 17.7. The fourth-order valence-corrected chi connectivity index (χ4v) is 5.32. The van der Waals surface area contributed by atoms with Crippen molar-refractivity contribution >= 4 is 10.0 Å². The average molecular weight is 420 g/mol. The molecule has 0 saturated carbocycles. The number of sulfonamides is 1. The predicted octanol–water partition coefficient (Wildman–Crippen LogP) is 3.49. The van der Waals surface area contributed by atoms with E-state index in [2.05, 4.69) is 20.3 Å². The van der Waals surface area contributed by atoms with Crippen molar-refractivity contribution in [1.29, 1.82) is 0 Å². The second-order valence-electron chi connectivity index (χ2n) is 7.70. The van der Waals surface area contributed by atoms with Crippen LogP contribution in [-0.2, 0) is 23.5 Å². The van der Waals surface area contributed by atoms with Gasteiger partial charge >= 0.3 is 0 Å². The Morgan fingerprint density at radius 3 is 2.45 bits per heavy atom. The first-order valence-electron chi connectivity index (χ1n) is 10.5. The summed E-state index contributed by atoms with van der Waals surface area (Å²) in [6.07, 6.45) is 7.57. The Morgan fingerprint density at radius 2 is 1.86 bits per heavy atom. The lowest BCUT2D eigenvalue weighted by atomic mass is 10.1. The number of nitrogens with one attached hydrogen (secondary N) is 1. The van der Waals surface area contributed by atoms with Crippen LogP contribution in [0.1, 0.15) is 49.9 Å². The van der Waals surface area contributed by atoms with Crippen LogP contribution in [0.4, 0.5) is 0 Å². The molecule has 2 heterocycles. The van der Waals surface area contributed by atoms with Gasteiger partial charge in [-0.1, -0.05) is 25.8 Å². The molecule has 2 aromatic rings. The summed E-state index contributed by atoms with van der Waals surface area (Å²) in [5.41, 5.74) is 2.10. The summed E-state index contributed by atoms with van der Waals surface area (Å²) >= 11 is 0. The minimum Gasteiger partial charge on any atom is -0.495 e. The molecule has 1 N–H and O–H groups in total. The number of nitrogens with zero attached hydrogens (tertiary/aromatic N) is 2. The molecular weight excluding hydrogens is 386 g/mol. The van der Waals surface area contributed by atoms with Crippen LogP contribution in [-0.4, -0.2) is 44.6 Å². The van der Waals surface area contributed by atoms with Crippen LogP contribution in [0.25, 0.3) is 0 Å². The molecule has 6 nitrogen and oxygen atoms in total. The van der Waals surface area contributed by atoms with E-state index in [0.717, 1.165) is 43.6 Å². The average Bonchev–Trinajstić information content (AvgIpc) is 2.97. The number of aryl methyl sites for hydroxylation is 2. The minimum absolute atomic E-state index is 0.00299. The molecule has 0 bridgehead atoms. The van der Waals surface area contributed by atoms with Crippen molar-refractivity contribution in [2.75, 3.05) is 26.7 Å². The summed E-state index contributed by atoms with van der Waals surface area (Å²) in [5, 5.41) is 0.